The average molecular weight is 266 g/mol. The highest BCUT2D eigenvalue weighted by Gasteiger charge is 2.11. The van der Waals surface area contributed by atoms with E-state index in [1.807, 2.05) is 6.92 Å². The molecule has 7 heteroatoms. The lowest BCUT2D eigenvalue weighted by Gasteiger charge is -2.15. The molecule has 1 aliphatic rings. The maximum atomic E-state index is 5.32. The molecule has 1 saturated heterocycles. The second kappa shape index (κ2) is 7.08. The monoisotopic (exact) mass is 266 g/mol. The van der Waals surface area contributed by atoms with Gasteiger partial charge in [0.1, 0.15) is 0 Å². The molecule has 7 nitrogen and oxygen atoms in total. The van der Waals surface area contributed by atoms with Crippen LogP contribution in [0, 0.1) is 0 Å². The first-order valence-corrected chi connectivity index (χ1v) is 6.84. The third kappa shape index (κ3) is 4.20. The largest absolute Gasteiger partial charge is 0.464 e. The van der Waals surface area contributed by atoms with Crippen molar-refractivity contribution in [2.75, 3.05) is 50.5 Å². The minimum absolute atomic E-state index is 0.352. The molecule has 19 heavy (non-hydrogen) atoms. The summed E-state index contributed by atoms with van der Waals surface area (Å²) in [6.45, 7) is 6.70. The topological polar surface area (TPSA) is 75.2 Å². The Kier molecular flexibility index (Phi) is 5.14. The van der Waals surface area contributed by atoms with Gasteiger partial charge in [-0.25, -0.2) is 0 Å². The van der Waals surface area contributed by atoms with Gasteiger partial charge in [-0.3, -0.25) is 0 Å². The predicted molar refractivity (Wildman–Crippen MR) is 74.7 cm³/mol. The van der Waals surface area contributed by atoms with Crippen molar-refractivity contribution < 1.29 is 4.74 Å². The first kappa shape index (κ1) is 13.8. The summed E-state index contributed by atoms with van der Waals surface area (Å²) in [7, 11) is 1.78. The average Bonchev–Trinajstić information content (AvgIpc) is 2.92. The van der Waals surface area contributed by atoms with E-state index in [1.165, 1.54) is 25.9 Å². The van der Waals surface area contributed by atoms with E-state index < -0.39 is 0 Å². The Bertz CT molecular complexity index is 394. The second-order valence-electron chi connectivity index (χ2n) is 4.42. The van der Waals surface area contributed by atoms with Crippen LogP contribution >= 0.6 is 0 Å². The van der Waals surface area contributed by atoms with Crippen LogP contribution in [0.2, 0.25) is 0 Å². The number of nitrogens with zero attached hydrogens (tertiary/aromatic N) is 4. The zero-order valence-corrected chi connectivity index (χ0v) is 11.6. The van der Waals surface area contributed by atoms with Crippen LogP contribution in [0.3, 0.4) is 0 Å². The SMILES string of the molecule is CCOc1nc(NC)nc(NCCN2CCCC2)n1. The molecule has 0 saturated carbocycles. The van der Waals surface area contributed by atoms with Crippen LogP contribution in [0.15, 0.2) is 0 Å². The molecule has 0 aromatic carbocycles. The number of likely N-dealkylation sites (tertiary alicyclic amines) is 1. The maximum Gasteiger partial charge on any atom is 0.323 e. The molecule has 1 fully saturated rings. The molecule has 0 aliphatic carbocycles. The summed E-state index contributed by atoms with van der Waals surface area (Å²) in [5, 5.41) is 6.13. The van der Waals surface area contributed by atoms with E-state index in [2.05, 4.69) is 30.5 Å². The summed E-state index contributed by atoms with van der Waals surface area (Å²) < 4.78 is 5.32. The highest BCUT2D eigenvalue weighted by Crippen LogP contribution is 2.11. The molecular weight excluding hydrogens is 244 g/mol. The van der Waals surface area contributed by atoms with Crippen LogP contribution in [0.25, 0.3) is 0 Å². The van der Waals surface area contributed by atoms with Gasteiger partial charge in [0.2, 0.25) is 11.9 Å². The molecule has 1 aromatic heterocycles. The number of nitrogens with one attached hydrogen (secondary N) is 2. The van der Waals surface area contributed by atoms with Gasteiger partial charge in [0, 0.05) is 20.1 Å². The van der Waals surface area contributed by atoms with Crippen LogP contribution in [0.4, 0.5) is 11.9 Å². The number of hydrogen-bond acceptors (Lipinski definition) is 7. The second-order valence-corrected chi connectivity index (χ2v) is 4.42. The van der Waals surface area contributed by atoms with Crippen LogP contribution in [-0.2, 0) is 0 Å². The molecule has 1 aliphatic heterocycles. The highest BCUT2D eigenvalue weighted by atomic mass is 16.5. The van der Waals surface area contributed by atoms with Gasteiger partial charge in [-0.05, 0) is 32.9 Å². The Morgan fingerprint density at radius 3 is 2.58 bits per heavy atom. The van der Waals surface area contributed by atoms with Gasteiger partial charge in [0.05, 0.1) is 6.61 Å². The van der Waals surface area contributed by atoms with Crippen molar-refractivity contribution in [1.29, 1.82) is 0 Å². The van der Waals surface area contributed by atoms with Gasteiger partial charge in [0.15, 0.2) is 0 Å². The van der Waals surface area contributed by atoms with Crippen LogP contribution in [-0.4, -0.2) is 59.7 Å². The molecule has 0 spiro atoms. The Balaban J connectivity index is 1.88. The lowest BCUT2D eigenvalue weighted by molar-refractivity contribution is 0.312. The molecule has 0 amide bonds. The van der Waals surface area contributed by atoms with Gasteiger partial charge < -0.3 is 20.3 Å². The van der Waals surface area contributed by atoms with E-state index in [9.17, 15) is 0 Å². The molecular formula is C12H22N6O. The lowest BCUT2D eigenvalue weighted by Crippen LogP contribution is -2.26. The fraction of sp³-hybridized carbons (Fsp3) is 0.750. The number of aromatic nitrogens is 3. The maximum absolute atomic E-state index is 5.32. The molecule has 0 bridgehead atoms. The molecule has 0 radical (unpaired) electrons. The van der Waals surface area contributed by atoms with Gasteiger partial charge in [-0.2, -0.15) is 15.0 Å². The zero-order valence-electron chi connectivity index (χ0n) is 11.6. The summed E-state index contributed by atoms with van der Waals surface area (Å²) >= 11 is 0. The Morgan fingerprint density at radius 1 is 1.16 bits per heavy atom. The Labute approximate surface area is 113 Å². The van der Waals surface area contributed by atoms with Crippen molar-refractivity contribution in [3.8, 4) is 6.01 Å². The number of hydrogen-bond donors (Lipinski definition) is 2. The third-order valence-electron chi connectivity index (χ3n) is 3.02. The van der Waals surface area contributed by atoms with E-state index in [0.29, 0.717) is 24.5 Å². The number of anilines is 2. The molecule has 0 atom stereocenters. The van der Waals surface area contributed by atoms with Crippen molar-refractivity contribution in [2.24, 2.45) is 0 Å². The molecule has 1 aromatic rings. The first-order chi connectivity index (χ1) is 9.31. The summed E-state index contributed by atoms with van der Waals surface area (Å²) in [5.74, 6) is 1.07. The van der Waals surface area contributed by atoms with Gasteiger partial charge in [-0.1, -0.05) is 0 Å². The fourth-order valence-electron chi connectivity index (χ4n) is 2.07. The van der Waals surface area contributed by atoms with Crippen LogP contribution < -0.4 is 15.4 Å². The molecule has 0 unspecified atom stereocenters. The minimum Gasteiger partial charge on any atom is -0.464 e. The van der Waals surface area contributed by atoms with Crippen molar-refractivity contribution in [3.05, 3.63) is 0 Å². The van der Waals surface area contributed by atoms with E-state index in [-0.39, 0.29) is 0 Å². The van der Waals surface area contributed by atoms with Gasteiger partial charge in [0.25, 0.3) is 0 Å². The lowest BCUT2D eigenvalue weighted by atomic mass is 10.4. The number of ether oxygens (including phenoxy) is 1. The molecule has 2 N–H and O–H groups in total. The minimum atomic E-state index is 0.352. The zero-order chi connectivity index (χ0) is 13.5. The normalized spacial score (nSPS) is 15.5. The third-order valence-corrected chi connectivity index (χ3v) is 3.02. The van der Waals surface area contributed by atoms with Crippen molar-refractivity contribution in [3.63, 3.8) is 0 Å². The summed E-state index contributed by atoms with van der Waals surface area (Å²) in [4.78, 5) is 15.0. The van der Waals surface area contributed by atoms with E-state index in [1.54, 1.807) is 7.05 Å². The van der Waals surface area contributed by atoms with E-state index in [0.717, 1.165) is 13.1 Å². The smallest absolute Gasteiger partial charge is 0.323 e. The summed E-state index contributed by atoms with van der Waals surface area (Å²) in [5.41, 5.74) is 0. The van der Waals surface area contributed by atoms with Crippen molar-refractivity contribution in [1.82, 2.24) is 19.9 Å². The van der Waals surface area contributed by atoms with Crippen LogP contribution in [0.1, 0.15) is 19.8 Å². The van der Waals surface area contributed by atoms with Crippen LogP contribution in [0.5, 0.6) is 6.01 Å². The molecule has 106 valence electrons. The summed E-state index contributed by atoms with van der Waals surface area (Å²) in [6.07, 6.45) is 2.62. The molecule has 2 heterocycles. The Hall–Kier alpha value is -1.63. The van der Waals surface area contributed by atoms with Gasteiger partial charge in [-0.15, -0.1) is 0 Å². The van der Waals surface area contributed by atoms with E-state index >= 15 is 0 Å². The van der Waals surface area contributed by atoms with Crippen molar-refractivity contribution >= 4 is 11.9 Å². The van der Waals surface area contributed by atoms with Gasteiger partial charge >= 0.3 is 6.01 Å². The highest BCUT2D eigenvalue weighted by molar-refractivity contribution is 5.35. The summed E-state index contributed by atoms with van der Waals surface area (Å²) in [6, 6.07) is 0.352. The quantitative estimate of drug-likeness (QED) is 0.756. The molecule has 2 rings (SSSR count). The van der Waals surface area contributed by atoms with Crippen molar-refractivity contribution in [2.45, 2.75) is 19.8 Å². The predicted octanol–water partition coefficient (Wildman–Crippen LogP) is 0.820. The van der Waals surface area contributed by atoms with E-state index in [4.69, 9.17) is 4.74 Å². The fourth-order valence-corrected chi connectivity index (χ4v) is 2.07. The standard InChI is InChI=1S/C12H22N6O/c1-3-19-12-16-10(13-2)15-11(17-12)14-6-9-18-7-4-5-8-18/h3-9H2,1-2H3,(H2,13,14,15,16,17). The first-order valence-electron chi connectivity index (χ1n) is 6.84. The Morgan fingerprint density at radius 2 is 1.89 bits per heavy atom. The number of rotatable bonds is 7.